The molecule has 3 aromatic carbocycles. The quantitative estimate of drug-likeness (QED) is 0.697. The highest BCUT2D eigenvalue weighted by molar-refractivity contribution is 6.10. The topological polar surface area (TPSA) is 43.8 Å². The monoisotopic (exact) mass is 400 g/mol. The number of hydrogen-bond acceptors (Lipinski definition) is 3. The minimum atomic E-state index is -0.869. The third-order valence-corrected chi connectivity index (χ3v) is 6.73. The van der Waals surface area contributed by atoms with Gasteiger partial charge in [-0.15, -0.1) is 0 Å². The van der Waals surface area contributed by atoms with E-state index in [9.17, 15) is 9.90 Å². The van der Waals surface area contributed by atoms with Crippen LogP contribution in [0, 0.1) is 5.92 Å². The molecule has 1 N–H and O–H groups in total. The van der Waals surface area contributed by atoms with Gasteiger partial charge >= 0.3 is 0 Å². The summed E-state index contributed by atoms with van der Waals surface area (Å²) in [5.41, 5.74) is 2.96. The summed E-state index contributed by atoms with van der Waals surface area (Å²) in [7, 11) is 0. The Morgan fingerprint density at radius 3 is 2.37 bits per heavy atom. The van der Waals surface area contributed by atoms with E-state index in [-0.39, 0.29) is 5.91 Å². The molecule has 0 bridgehead atoms. The number of rotatable bonds is 5. The van der Waals surface area contributed by atoms with E-state index in [1.165, 1.54) is 18.4 Å². The Morgan fingerprint density at radius 2 is 1.60 bits per heavy atom. The maximum Gasteiger partial charge on any atom is 0.256 e. The molecule has 0 radical (unpaired) electrons. The zero-order valence-corrected chi connectivity index (χ0v) is 17.2. The fourth-order valence-corrected chi connectivity index (χ4v) is 5.03. The summed E-state index contributed by atoms with van der Waals surface area (Å²) in [6, 6.07) is 22.4. The second kappa shape index (κ2) is 8.21. The lowest BCUT2D eigenvalue weighted by Gasteiger charge is -2.37. The smallest absolute Gasteiger partial charge is 0.256 e. The second-order valence-electron chi connectivity index (χ2n) is 8.60. The predicted molar refractivity (Wildman–Crippen MR) is 119 cm³/mol. The molecule has 1 saturated heterocycles. The van der Waals surface area contributed by atoms with Crippen molar-refractivity contribution in [3.8, 4) is 0 Å². The van der Waals surface area contributed by atoms with E-state index in [0.29, 0.717) is 12.1 Å². The van der Waals surface area contributed by atoms with Crippen molar-refractivity contribution in [1.29, 1.82) is 0 Å². The molecule has 0 aliphatic carbocycles. The number of piperidine rings is 1. The van der Waals surface area contributed by atoms with Gasteiger partial charge in [0.05, 0.1) is 0 Å². The summed E-state index contributed by atoms with van der Waals surface area (Å²) in [4.78, 5) is 17.2. The van der Waals surface area contributed by atoms with Gasteiger partial charge in [0.25, 0.3) is 5.91 Å². The number of likely N-dealkylation sites (tertiary alicyclic amines) is 1. The van der Waals surface area contributed by atoms with Gasteiger partial charge in [0.1, 0.15) is 0 Å². The van der Waals surface area contributed by atoms with Crippen molar-refractivity contribution in [2.24, 2.45) is 5.92 Å². The van der Waals surface area contributed by atoms with E-state index in [1.807, 2.05) is 36.4 Å². The molecule has 4 heteroatoms. The molecule has 1 atom stereocenters. The fraction of sp³-hybridized carbons (Fsp3) is 0.346. The van der Waals surface area contributed by atoms with Crippen molar-refractivity contribution in [1.82, 2.24) is 9.80 Å². The lowest BCUT2D eigenvalue weighted by atomic mass is 9.90. The third-order valence-electron chi connectivity index (χ3n) is 6.73. The van der Waals surface area contributed by atoms with E-state index in [1.54, 1.807) is 4.90 Å². The molecule has 0 spiro atoms. The van der Waals surface area contributed by atoms with Crippen molar-refractivity contribution in [2.45, 2.75) is 25.5 Å². The zero-order valence-electron chi connectivity index (χ0n) is 17.2. The van der Waals surface area contributed by atoms with E-state index >= 15 is 0 Å². The highest BCUT2D eigenvalue weighted by Gasteiger charge is 2.33. The number of carbonyl (C=O) groups excluding carboxylic acids is 1. The standard InChI is InChI=1S/C26H28N2O2/c29-25-22-10-4-8-21-9-5-11-23(24(21)22)26(30)28(25)17-16-27-14-12-20(13-15-27)18-19-6-2-1-3-7-19/h1-11,20,25,29H,12-18H2. The first-order valence-corrected chi connectivity index (χ1v) is 11.0. The first kappa shape index (κ1) is 19.3. The first-order valence-electron chi connectivity index (χ1n) is 11.0. The summed E-state index contributed by atoms with van der Waals surface area (Å²) in [5.74, 6) is 0.668. The van der Waals surface area contributed by atoms with Gasteiger partial charge in [0, 0.05) is 29.6 Å². The molecular formula is C26H28N2O2. The largest absolute Gasteiger partial charge is 0.369 e. The van der Waals surface area contributed by atoms with Gasteiger partial charge in [-0.25, -0.2) is 0 Å². The summed E-state index contributed by atoms with van der Waals surface area (Å²) in [6.45, 7) is 3.47. The molecule has 2 aliphatic rings. The summed E-state index contributed by atoms with van der Waals surface area (Å²) >= 11 is 0. The lowest BCUT2D eigenvalue weighted by Crippen LogP contribution is -2.44. The van der Waals surface area contributed by atoms with Gasteiger partial charge in [-0.1, -0.05) is 60.7 Å². The summed E-state index contributed by atoms with van der Waals surface area (Å²) in [6.07, 6.45) is 2.66. The Hall–Kier alpha value is -2.69. The van der Waals surface area contributed by atoms with Crippen LogP contribution in [0.2, 0.25) is 0 Å². The van der Waals surface area contributed by atoms with E-state index in [2.05, 4.69) is 35.2 Å². The van der Waals surface area contributed by atoms with Crippen molar-refractivity contribution < 1.29 is 9.90 Å². The Labute approximate surface area is 177 Å². The van der Waals surface area contributed by atoms with Gasteiger partial charge in [0.15, 0.2) is 6.23 Å². The van der Waals surface area contributed by atoms with Gasteiger partial charge < -0.3 is 14.9 Å². The van der Waals surface area contributed by atoms with Gasteiger partial charge in [-0.3, -0.25) is 4.79 Å². The number of aliphatic hydroxyl groups is 1. The van der Waals surface area contributed by atoms with Crippen molar-refractivity contribution >= 4 is 16.7 Å². The highest BCUT2D eigenvalue weighted by Crippen LogP contribution is 2.35. The maximum absolute atomic E-state index is 13.1. The highest BCUT2D eigenvalue weighted by atomic mass is 16.3. The SMILES string of the molecule is O=C1c2cccc3cccc(c23)C(O)N1CCN1CCC(Cc2ccccc2)CC1. The van der Waals surface area contributed by atoms with E-state index in [4.69, 9.17) is 0 Å². The molecule has 1 amide bonds. The minimum absolute atomic E-state index is 0.0641. The average Bonchev–Trinajstić information content (AvgIpc) is 2.79. The Bertz CT molecular complexity index is 1040. The van der Waals surface area contributed by atoms with Crippen molar-refractivity contribution in [3.63, 3.8) is 0 Å². The summed E-state index contributed by atoms with van der Waals surface area (Å²) in [5, 5.41) is 12.8. The Kier molecular flexibility index (Phi) is 5.28. The molecule has 2 heterocycles. The number of carbonyl (C=O) groups is 1. The van der Waals surface area contributed by atoms with Crippen LogP contribution >= 0.6 is 0 Å². The van der Waals surface area contributed by atoms with Crippen molar-refractivity contribution in [3.05, 3.63) is 83.4 Å². The zero-order chi connectivity index (χ0) is 20.5. The molecule has 3 aromatic rings. The number of nitrogens with zero attached hydrogens (tertiary/aromatic N) is 2. The van der Waals surface area contributed by atoms with E-state index in [0.717, 1.165) is 48.3 Å². The Balaban J connectivity index is 1.21. The van der Waals surface area contributed by atoms with Crippen LogP contribution in [0.25, 0.3) is 10.8 Å². The van der Waals surface area contributed by atoms with Crippen LogP contribution < -0.4 is 0 Å². The molecule has 1 fully saturated rings. The van der Waals surface area contributed by atoms with Crippen LogP contribution in [0.4, 0.5) is 0 Å². The maximum atomic E-state index is 13.1. The lowest BCUT2D eigenvalue weighted by molar-refractivity contribution is -0.000178. The predicted octanol–water partition coefficient (Wildman–Crippen LogP) is 4.24. The molecular weight excluding hydrogens is 372 g/mol. The average molecular weight is 401 g/mol. The van der Waals surface area contributed by atoms with E-state index < -0.39 is 6.23 Å². The van der Waals surface area contributed by atoms with Crippen LogP contribution in [-0.4, -0.2) is 47.0 Å². The normalized spacial score (nSPS) is 20.1. The molecule has 0 aromatic heterocycles. The number of hydrogen-bond donors (Lipinski definition) is 1. The van der Waals surface area contributed by atoms with Crippen molar-refractivity contribution in [2.75, 3.05) is 26.2 Å². The third kappa shape index (κ3) is 3.62. The van der Waals surface area contributed by atoms with Crippen LogP contribution in [-0.2, 0) is 6.42 Å². The molecule has 1 unspecified atom stereocenters. The van der Waals surface area contributed by atoms with Crippen LogP contribution in [0.3, 0.4) is 0 Å². The van der Waals surface area contributed by atoms with Gasteiger partial charge in [0.2, 0.25) is 0 Å². The number of aliphatic hydroxyl groups excluding tert-OH is 1. The van der Waals surface area contributed by atoms with Gasteiger partial charge in [-0.2, -0.15) is 0 Å². The first-order chi connectivity index (χ1) is 14.7. The fourth-order valence-electron chi connectivity index (χ4n) is 5.03. The second-order valence-corrected chi connectivity index (χ2v) is 8.60. The number of benzene rings is 3. The van der Waals surface area contributed by atoms with Crippen LogP contribution in [0.5, 0.6) is 0 Å². The molecule has 30 heavy (non-hydrogen) atoms. The summed E-state index contributed by atoms with van der Waals surface area (Å²) < 4.78 is 0. The van der Waals surface area contributed by atoms with Crippen LogP contribution in [0.1, 0.15) is 40.6 Å². The minimum Gasteiger partial charge on any atom is -0.369 e. The molecule has 0 saturated carbocycles. The molecule has 2 aliphatic heterocycles. The van der Waals surface area contributed by atoms with Gasteiger partial charge in [-0.05, 0) is 55.3 Å². The van der Waals surface area contributed by atoms with Crippen LogP contribution in [0.15, 0.2) is 66.7 Å². The molecule has 4 nitrogen and oxygen atoms in total. The molecule has 154 valence electrons. The molecule has 5 rings (SSSR count). The Morgan fingerprint density at radius 1 is 0.867 bits per heavy atom. The number of amides is 1.